The highest BCUT2D eigenvalue weighted by Gasteiger charge is 2.27. The van der Waals surface area contributed by atoms with E-state index < -0.39 is 0 Å². The van der Waals surface area contributed by atoms with Crippen molar-refractivity contribution >= 4 is 22.6 Å². The average Bonchev–Trinajstić information content (AvgIpc) is 3.63. The fraction of sp³-hybridized carbons (Fsp3) is 0.296. The van der Waals surface area contributed by atoms with E-state index in [-0.39, 0.29) is 24.1 Å². The van der Waals surface area contributed by atoms with E-state index in [2.05, 4.69) is 10.3 Å². The highest BCUT2D eigenvalue weighted by Crippen LogP contribution is 2.35. The van der Waals surface area contributed by atoms with E-state index in [0.29, 0.717) is 41.4 Å². The number of nitrogens with zero attached hydrogens (tertiary/aromatic N) is 3. The van der Waals surface area contributed by atoms with Gasteiger partial charge in [0.05, 0.1) is 25.2 Å². The Morgan fingerprint density at radius 3 is 2.57 bits per heavy atom. The molecule has 8 nitrogen and oxygen atoms in total. The van der Waals surface area contributed by atoms with Gasteiger partial charge in [-0.25, -0.2) is 4.98 Å². The molecule has 0 radical (unpaired) electrons. The van der Waals surface area contributed by atoms with E-state index in [1.807, 2.05) is 56.4 Å². The van der Waals surface area contributed by atoms with Crippen LogP contribution in [0.1, 0.15) is 32.7 Å². The highest BCUT2D eigenvalue weighted by atomic mass is 16.5. The molecule has 0 unspecified atom stereocenters. The molecule has 35 heavy (non-hydrogen) atoms. The Kier molecular flexibility index (Phi) is 6.27. The molecule has 180 valence electrons. The third kappa shape index (κ3) is 4.64. The van der Waals surface area contributed by atoms with Gasteiger partial charge in [0.2, 0.25) is 5.91 Å². The van der Waals surface area contributed by atoms with Gasteiger partial charge in [-0.05, 0) is 44.4 Å². The van der Waals surface area contributed by atoms with Crippen LogP contribution in [0.25, 0.3) is 22.2 Å². The number of ether oxygens (including phenoxy) is 2. The molecular weight excluding hydrogens is 444 g/mol. The maximum absolute atomic E-state index is 13.4. The largest absolute Gasteiger partial charge is 0.494 e. The Morgan fingerprint density at radius 1 is 1.09 bits per heavy atom. The molecule has 1 amide bonds. The lowest BCUT2D eigenvalue weighted by Crippen LogP contribution is -2.24. The van der Waals surface area contributed by atoms with Gasteiger partial charge in [0.15, 0.2) is 0 Å². The van der Waals surface area contributed by atoms with Crippen LogP contribution < -0.4 is 20.3 Å². The van der Waals surface area contributed by atoms with E-state index in [1.165, 1.54) is 0 Å². The van der Waals surface area contributed by atoms with E-state index in [1.54, 1.807) is 27.6 Å². The van der Waals surface area contributed by atoms with Crippen molar-refractivity contribution in [1.29, 1.82) is 0 Å². The molecule has 0 atom stereocenters. The van der Waals surface area contributed by atoms with Crippen molar-refractivity contribution in [3.05, 3.63) is 71.4 Å². The number of carbonyl (C=O) groups is 1. The number of benzene rings is 2. The van der Waals surface area contributed by atoms with Crippen molar-refractivity contribution in [3.63, 3.8) is 0 Å². The topological polar surface area (TPSA) is 87.4 Å². The average molecular weight is 473 g/mol. The minimum absolute atomic E-state index is 0.0423. The molecule has 2 heterocycles. The minimum atomic E-state index is -0.280. The van der Waals surface area contributed by atoms with Crippen LogP contribution in [0.2, 0.25) is 0 Å². The Labute approximate surface area is 203 Å². The van der Waals surface area contributed by atoms with E-state index >= 15 is 0 Å². The maximum Gasteiger partial charge on any atom is 0.278 e. The summed E-state index contributed by atoms with van der Waals surface area (Å²) >= 11 is 0. The van der Waals surface area contributed by atoms with Gasteiger partial charge in [0, 0.05) is 23.9 Å². The fourth-order valence-corrected chi connectivity index (χ4v) is 4.25. The van der Waals surface area contributed by atoms with Crippen LogP contribution in [-0.2, 0) is 11.3 Å². The summed E-state index contributed by atoms with van der Waals surface area (Å²) in [4.78, 5) is 31.2. The number of amides is 1. The second-order valence-corrected chi connectivity index (χ2v) is 8.49. The van der Waals surface area contributed by atoms with Crippen molar-refractivity contribution < 1.29 is 14.3 Å². The van der Waals surface area contributed by atoms with Crippen LogP contribution >= 0.6 is 0 Å². The molecule has 1 N–H and O–H groups in total. The van der Waals surface area contributed by atoms with Crippen molar-refractivity contribution in [2.24, 2.45) is 0 Å². The molecule has 0 spiro atoms. The second-order valence-electron chi connectivity index (χ2n) is 8.49. The van der Waals surface area contributed by atoms with Gasteiger partial charge in [-0.1, -0.05) is 30.3 Å². The van der Waals surface area contributed by atoms with Crippen LogP contribution in [0.4, 0.5) is 5.69 Å². The third-order valence-electron chi connectivity index (χ3n) is 5.97. The normalized spacial score (nSPS) is 13.1. The van der Waals surface area contributed by atoms with Crippen LogP contribution in [0.5, 0.6) is 11.5 Å². The molecule has 0 saturated heterocycles. The molecule has 0 bridgehead atoms. The molecule has 0 aliphatic heterocycles. The molecule has 1 aliphatic carbocycles. The smallest absolute Gasteiger partial charge is 0.278 e. The van der Waals surface area contributed by atoms with Crippen LogP contribution in [0, 0.1) is 0 Å². The first-order valence-electron chi connectivity index (χ1n) is 11.9. The lowest BCUT2D eigenvalue weighted by atomic mass is 10.1. The first-order valence-corrected chi connectivity index (χ1v) is 11.9. The molecule has 2 aromatic heterocycles. The first kappa shape index (κ1) is 22.7. The number of nitrogens with one attached hydrogen (secondary N) is 1. The summed E-state index contributed by atoms with van der Waals surface area (Å²) in [6.07, 6.45) is 5.41. The lowest BCUT2D eigenvalue weighted by molar-refractivity contribution is -0.116. The zero-order valence-electron chi connectivity index (χ0n) is 19.9. The Balaban J connectivity index is 1.51. The predicted molar refractivity (Wildman–Crippen MR) is 135 cm³/mol. The van der Waals surface area contributed by atoms with E-state index in [0.717, 1.165) is 24.0 Å². The summed E-state index contributed by atoms with van der Waals surface area (Å²) < 4.78 is 14.7. The standard InChI is InChI=1S/C27H28N4O4/c1-3-34-20-12-13-23(35-4-2)22(14-20)29-24(32)16-30-15-21(18-8-6-5-7-9-18)25-26(30)27(33)31(17-28-25)19-10-11-19/h5-9,12-15,17,19H,3-4,10-11,16H2,1-2H3,(H,29,32). The number of hydrogen-bond donors (Lipinski definition) is 1. The zero-order valence-corrected chi connectivity index (χ0v) is 19.9. The zero-order chi connectivity index (χ0) is 24.4. The third-order valence-corrected chi connectivity index (χ3v) is 5.97. The van der Waals surface area contributed by atoms with Crippen molar-refractivity contribution in [2.45, 2.75) is 39.3 Å². The highest BCUT2D eigenvalue weighted by molar-refractivity contribution is 5.96. The van der Waals surface area contributed by atoms with Gasteiger partial charge in [-0.2, -0.15) is 0 Å². The molecule has 5 rings (SSSR count). The number of carbonyl (C=O) groups excluding carboxylic acids is 1. The Hall–Kier alpha value is -4.07. The quantitative estimate of drug-likeness (QED) is 0.384. The number of aromatic nitrogens is 3. The molecular formula is C27H28N4O4. The van der Waals surface area contributed by atoms with Gasteiger partial charge in [-0.3, -0.25) is 14.2 Å². The molecule has 1 saturated carbocycles. The summed E-state index contributed by atoms with van der Waals surface area (Å²) in [6, 6.07) is 15.3. The molecule has 1 fully saturated rings. The van der Waals surface area contributed by atoms with E-state index in [4.69, 9.17) is 9.47 Å². The van der Waals surface area contributed by atoms with Crippen LogP contribution in [-0.4, -0.2) is 33.2 Å². The van der Waals surface area contributed by atoms with Gasteiger partial charge in [0.1, 0.15) is 29.1 Å². The summed E-state index contributed by atoms with van der Waals surface area (Å²) in [7, 11) is 0. The second kappa shape index (κ2) is 9.66. The fourth-order valence-electron chi connectivity index (χ4n) is 4.25. The number of anilines is 1. The van der Waals surface area contributed by atoms with Crippen molar-refractivity contribution in [3.8, 4) is 22.6 Å². The molecule has 4 aromatic rings. The summed E-state index contributed by atoms with van der Waals surface area (Å²) in [5.41, 5.74) is 3.19. The summed E-state index contributed by atoms with van der Waals surface area (Å²) in [5, 5.41) is 2.93. The summed E-state index contributed by atoms with van der Waals surface area (Å²) in [5.74, 6) is 0.919. The predicted octanol–water partition coefficient (Wildman–Crippen LogP) is 4.64. The van der Waals surface area contributed by atoms with Gasteiger partial charge in [0.25, 0.3) is 5.56 Å². The Morgan fingerprint density at radius 2 is 1.86 bits per heavy atom. The van der Waals surface area contributed by atoms with E-state index in [9.17, 15) is 9.59 Å². The number of hydrogen-bond acceptors (Lipinski definition) is 5. The number of rotatable bonds is 9. The maximum atomic E-state index is 13.4. The summed E-state index contributed by atoms with van der Waals surface area (Å²) in [6.45, 7) is 4.72. The number of fused-ring (bicyclic) bond motifs is 1. The van der Waals surface area contributed by atoms with Crippen molar-refractivity contribution in [2.75, 3.05) is 18.5 Å². The van der Waals surface area contributed by atoms with Crippen LogP contribution in [0.15, 0.2) is 65.8 Å². The van der Waals surface area contributed by atoms with Crippen LogP contribution in [0.3, 0.4) is 0 Å². The molecule has 2 aromatic carbocycles. The SMILES string of the molecule is CCOc1ccc(OCC)c(NC(=O)Cn2cc(-c3ccccc3)c3ncn(C4CC4)c(=O)c32)c1. The Bertz CT molecular complexity index is 1420. The molecule has 8 heteroatoms. The van der Waals surface area contributed by atoms with Gasteiger partial charge in [-0.15, -0.1) is 0 Å². The van der Waals surface area contributed by atoms with Crippen molar-refractivity contribution in [1.82, 2.24) is 14.1 Å². The van der Waals surface area contributed by atoms with Gasteiger partial charge < -0.3 is 19.4 Å². The first-order chi connectivity index (χ1) is 17.1. The lowest BCUT2D eigenvalue weighted by Gasteiger charge is -2.14. The van der Waals surface area contributed by atoms with Gasteiger partial charge >= 0.3 is 0 Å². The molecule has 1 aliphatic rings. The monoisotopic (exact) mass is 472 g/mol. The minimum Gasteiger partial charge on any atom is -0.494 e.